The largest absolute Gasteiger partial charge is 0.465 e. The van der Waals surface area contributed by atoms with Crippen molar-refractivity contribution >= 4 is 12.0 Å². The van der Waals surface area contributed by atoms with E-state index in [1.165, 1.54) is 0 Å². The van der Waals surface area contributed by atoms with Gasteiger partial charge in [0, 0.05) is 36.9 Å². The molecule has 6 heteroatoms. The number of pyridine rings is 1. The van der Waals surface area contributed by atoms with Gasteiger partial charge in [-0.25, -0.2) is 4.79 Å². The molecule has 0 bridgehead atoms. The highest BCUT2D eigenvalue weighted by Gasteiger charge is 2.36. The first-order valence-electron chi connectivity index (χ1n) is 9.56. The van der Waals surface area contributed by atoms with E-state index in [4.69, 9.17) is 5.11 Å². The van der Waals surface area contributed by atoms with Crippen molar-refractivity contribution in [2.24, 2.45) is 0 Å². The maximum atomic E-state index is 13.7. The van der Waals surface area contributed by atoms with Crippen LogP contribution >= 0.6 is 0 Å². The predicted octanol–water partition coefficient (Wildman–Crippen LogP) is 3.86. The fraction of sp³-hybridized carbons (Fsp3) is 0.409. The van der Waals surface area contributed by atoms with E-state index < -0.39 is 12.0 Å². The maximum Gasteiger partial charge on any atom is 0.404 e. The summed E-state index contributed by atoms with van der Waals surface area (Å²) in [6, 6.07) is 13.3. The second-order valence-electron chi connectivity index (χ2n) is 7.40. The van der Waals surface area contributed by atoms with Gasteiger partial charge in [-0.1, -0.05) is 36.4 Å². The molecule has 0 fully saturated rings. The Bertz CT molecular complexity index is 755. The highest BCUT2D eigenvalue weighted by molar-refractivity contribution is 5.85. The predicted molar refractivity (Wildman–Crippen MR) is 109 cm³/mol. The topological polar surface area (TPSA) is 82.5 Å². The van der Waals surface area contributed by atoms with Crippen LogP contribution in [0.2, 0.25) is 0 Å². The minimum absolute atomic E-state index is 0.0236. The van der Waals surface area contributed by atoms with Crippen molar-refractivity contribution in [3.05, 3.63) is 66.0 Å². The van der Waals surface area contributed by atoms with Gasteiger partial charge in [-0.15, -0.1) is 0 Å². The Morgan fingerprint density at radius 1 is 1.00 bits per heavy atom. The van der Waals surface area contributed by atoms with Crippen LogP contribution in [0.5, 0.6) is 0 Å². The van der Waals surface area contributed by atoms with Gasteiger partial charge >= 0.3 is 6.09 Å². The van der Waals surface area contributed by atoms with Gasteiger partial charge in [0.1, 0.15) is 0 Å². The van der Waals surface area contributed by atoms with Gasteiger partial charge < -0.3 is 15.3 Å². The molecule has 2 atom stereocenters. The van der Waals surface area contributed by atoms with Crippen molar-refractivity contribution < 1.29 is 14.7 Å². The number of carbonyl (C=O) groups is 2. The first-order chi connectivity index (χ1) is 13.3. The molecule has 2 amide bonds. The summed E-state index contributed by atoms with van der Waals surface area (Å²) >= 11 is 0. The van der Waals surface area contributed by atoms with Gasteiger partial charge in [-0.2, -0.15) is 0 Å². The number of nitrogens with zero attached hydrogens (tertiary/aromatic N) is 2. The van der Waals surface area contributed by atoms with E-state index >= 15 is 0 Å². The average Bonchev–Trinajstić information content (AvgIpc) is 2.65. The van der Waals surface area contributed by atoms with Crippen molar-refractivity contribution in [3.8, 4) is 0 Å². The van der Waals surface area contributed by atoms with Crippen molar-refractivity contribution in [3.63, 3.8) is 0 Å². The van der Waals surface area contributed by atoms with Gasteiger partial charge in [0.05, 0.1) is 5.92 Å². The lowest BCUT2D eigenvalue weighted by Crippen LogP contribution is -2.47. The molecular formula is C22H29N3O3. The smallest absolute Gasteiger partial charge is 0.404 e. The molecule has 2 rings (SSSR count). The summed E-state index contributed by atoms with van der Waals surface area (Å²) in [7, 11) is 0. The molecule has 0 aliphatic heterocycles. The molecule has 0 saturated heterocycles. The normalized spacial score (nSPS) is 13.2. The molecule has 1 aromatic carbocycles. The van der Waals surface area contributed by atoms with E-state index in [-0.39, 0.29) is 30.5 Å². The summed E-state index contributed by atoms with van der Waals surface area (Å²) in [5.41, 5.74) is 1.69. The molecule has 2 aromatic rings. The zero-order valence-electron chi connectivity index (χ0n) is 16.9. The van der Waals surface area contributed by atoms with Crippen LogP contribution in [0.1, 0.15) is 50.7 Å². The molecule has 0 radical (unpaired) electrons. The van der Waals surface area contributed by atoms with Gasteiger partial charge in [0.25, 0.3) is 0 Å². The first-order valence-corrected chi connectivity index (χ1v) is 9.56. The Morgan fingerprint density at radius 3 is 2.11 bits per heavy atom. The van der Waals surface area contributed by atoms with Crippen molar-refractivity contribution in [1.29, 1.82) is 0 Å². The third-order valence-corrected chi connectivity index (χ3v) is 4.78. The van der Waals surface area contributed by atoms with Crippen LogP contribution in [0.15, 0.2) is 54.9 Å². The maximum absolute atomic E-state index is 13.7. The first kappa shape index (κ1) is 21.4. The third kappa shape index (κ3) is 5.31. The Kier molecular flexibility index (Phi) is 7.55. The minimum Gasteiger partial charge on any atom is -0.465 e. The second kappa shape index (κ2) is 9.88. The van der Waals surface area contributed by atoms with Crippen LogP contribution < -0.4 is 5.32 Å². The molecular weight excluding hydrogens is 354 g/mol. The van der Waals surface area contributed by atoms with Crippen LogP contribution in [0, 0.1) is 0 Å². The number of nitrogens with one attached hydrogen (secondary N) is 1. The summed E-state index contributed by atoms with van der Waals surface area (Å²) in [5, 5.41) is 11.6. The monoisotopic (exact) mass is 383 g/mol. The van der Waals surface area contributed by atoms with Crippen LogP contribution in [-0.4, -0.2) is 45.6 Å². The zero-order chi connectivity index (χ0) is 20.7. The fourth-order valence-corrected chi connectivity index (χ4v) is 3.70. The number of rotatable bonds is 8. The van der Waals surface area contributed by atoms with Gasteiger partial charge in [-0.3, -0.25) is 9.78 Å². The molecule has 2 N–H and O–H groups in total. The highest BCUT2D eigenvalue weighted by atomic mass is 16.4. The van der Waals surface area contributed by atoms with E-state index in [0.717, 1.165) is 11.1 Å². The Morgan fingerprint density at radius 2 is 1.61 bits per heavy atom. The number of benzene rings is 1. The van der Waals surface area contributed by atoms with Crippen LogP contribution in [-0.2, 0) is 4.79 Å². The number of amides is 2. The molecule has 2 unspecified atom stereocenters. The number of hydrogen-bond donors (Lipinski definition) is 2. The van der Waals surface area contributed by atoms with E-state index in [1.807, 2.05) is 69.0 Å². The Hall–Kier alpha value is -2.89. The van der Waals surface area contributed by atoms with Crippen LogP contribution in [0.25, 0.3) is 0 Å². The lowest BCUT2D eigenvalue weighted by molar-refractivity contribution is -0.137. The van der Waals surface area contributed by atoms with Crippen molar-refractivity contribution in [2.75, 3.05) is 6.54 Å². The quantitative estimate of drug-likeness (QED) is 0.725. The van der Waals surface area contributed by atoms with Crippen molar-refractivity contribution in [1.82, 2.24) is 15.2 Å². The summed E-state index contributed by atoms with van der Waals surface area (Å²) in [4.78, 5) is 31.0. The Labute approximate surface area is 166 Å². The minimum atomic E-state index is -1.11. The summed E-state index contributed by atoms with van der Waals surface area (Å²) in [6.07, 6.45) is 2.25. The van der Waals surface area contributed by atoms with E-state index in [2.05, 4.69) is 10.3 Å². The summed E-state index contributed by atoms with van der Waals surface area (Å²) < 4.78 is 0. The molecule has 150 valence electrons. The van der Waals surface area contributed by atoms with E-state index in [9.17, 15) is 9.59 Å². The van der Waals surface area contributed by atoms with Gasteiger partial charge in [-0.05, 0) is 44.9 Å². The molecule has 28 heavy (non-hydrogen) atoms. The molecule has 1 aromatic heterocycles. The number of hydrogen-bond acceptors (Lipinski definition) is 3. The SMILES string of the molecule is CC(C)N(C(=O)C(c1cccnc1)C(CNC(=O)O)c1ccccc1)C(C)C. The molecule has 0 spiro atoms. The number of carboxylic acid groups (broad SMARTS) is 1. The van der Waals surface area contributed by atoms with E-state index in [1.54, 1.807) is 18.5 Å². The molecule has 0 aliphatic carbocycles. The lowest BCUT2D eigenvalue weighted by atomic mass is 9.80. The molecule has 0 saturated carbocycles. The number of aromatic nitrogens is 1. The van der Waals surface area contributed by atoms with E-state index in [0.29, 0.717) is 0 Å². The van der Waals surface area contributed by atoms with Crippen LogP contribution in [0.3, 0.4) is 0 Å². The van der Waals surface area contributed by atoms with Crippen molar-refractivity contribution in [2.45, 2.75) is 51.6 Å². The third-order valence-electron chi connectivity index (χ3n) is 4.78. The zero-order valence-corrected chi connectivity index (χ0v) is 16.9. The summed E-state index contributed by atoms with van der Waals surface area (Å²) in [5.74, 6) is -0.930. The van der Waals surface area contributed by atoms with Crippen LogP contribution in [0.4, 0.5) is 4.79 Å². The van der Waals surface area contributed by atoms with Gasteiger partial charge in [0.2, 0.25) is 5.91 Å². The summed E-state index contributed by atoms with van der Waals surface area (Å²) in [6.45, 7) is 8.10. The molecule has 6 nitrogen and oxygen atoms in total. The molecule has 1 heterocycles. The highest BCUT2D eigenvalue weighted by Crippen LogP contribution is 2.35. The van der Waals surface area contributed by atoms with Gasteiger partial charge in [0.15, 0.2) is 0 Å². The number of carbonyl (C=O) groups excluding carboxylic acids is 1. The average molecular weight is 383 g/mol. The molecule has 0 aliphatic rings. The lowest BCUT2D eigenvalue weighted by Gasteiger charge is -2.37. The second-order valence-corrected chi connectivity index (χ2v) is 7.40. The fourth-order valence-electron chi connectivity index (χ4n) is 3.70. The Balaban J connectivity index is 2.56. The standard InChI is InChI=1S/C22H29N3O3/c1-15(2)25(16(3)4)21(26)20(18-11-8-12-23-13-18)19(14-24-22(27)28)17-9-6-5-7-10-17/h5-13,15-16,19-20,24H,14H2,1-4H3,(H,27,28).